The van der Waals surface area contributed by atoms with E-state index in [0.29, 0.717) is 10.6 Å². The van der Waals surface area contributed by atoms with Crippen LogP contribution in [0.1, 0.15) is 23.6 Å². The highest BCUT2D eigenvalue weighted by atomic mass is 79.9. The van der Waals surface area contributed by atoms with Crippen molar-refractivity contribution < 1.29 is 5.11 Å². The Kier molecular flexibility index (Phi) is 3.68. The van der Waals surface area contributed by atoms with E-state index >= 15 is 0 Å². The number of aromatic hydroxyl groups is 1. The van der Waals surface area contributed by atoms with Crippen molar-refractivity contribution in [3.05, 3.63) is 63.1 Å². The number of halogens is 2. The predicted molar refractivity (Wildman–Crippen MR) is 84.3 cm³/mol. The van der Waals surface area contributed by atoms with Crippen LogP contribution in [0.5, 0.6) is 5.75 Å². The number of hydrogen-bond donors (Lipinski definition) is 2. The molecule has 1 heterocycles. The minimum atomic E-state index is 0.122. The van der Waals surface area contributed by atoms with Crippen molar-refractivity contribution in [2.45, 2.75) is 12.5 Å². The van der Waals surface area contributed by atoms with E-state index in [9.17, 15) is 5.11 Å². The SMILES string of the molecule is Oc1ccc(Cl)cc1C1=NNC(c2ccc(Br)cc2)C1. The third-order valence-electron chi connectivity index (χ3n) is 3.29. The Balaban J connectivity index is 1.82. The van der Waals surface area contributed by atoms with Gasteiger partial charge >= 0.3 is 0 Å². The molecule has 0 spiro atoms. The maximum absolute atomic E-state index is 9.92. The maximum atomic E-state index is 9.92. The van der Waals surface area contributed by atoms with E-state index in [2.05, 4.69) is 38.6 Å². The van der Waals surface area contributed by atoms with E-state index < -0.39 is 0 Å². The van der Waals surface area contributed by atoms with Crippen LogP contribution in [0.25, 0.3) is 0 Å². The zero-order chi connectivity index (χ0) is 14.1. The Morgan fingerprint density at radius 3 is 2.70 bits per heavy atom. The third-order valence-corrected chi connectivity index (χ3v) is 4.06. The zero-order valence-electron chi connectivity index (χ0n) is 10.5. The summed E-state index contributed by atoms with van der Waals surface area (Å²) >= 11 is 9.40. The quantitative estimate of drug-likeness (QED) is 0.849. The molecule has 1 atom stereocenters. The summed E-state index contributed by atoms with van der Waals surface area (Å²) in [6.07, 6.45) is 0.718. The van der Waals surface area contributed by atoms with Gasteiger partial charge in [-0.3, -0.25) is 0 Å². The highest BCUT2D eigenvalue weighted by molar-refractivity contribution is 9.10. The summed E-state index contributed by atoms with van der Waals surface area (Å²) in [7, 11) is 0. The van der Waals surface area contributed by atoms with E-state index in [1.54, 1.807) is 18.2 Å². The van der Waals surface area contributed by atoms with Gasteiger partial charge < -0.3 is 10.5 Å². The second kappa shape index (κ2) is 5.46. The number of hydrogen-bond acceptors (Lipinski definition) is 3. The lowest BCUT2D eigenvalue weighted by molar-refractivity contribution is 0.474. The topological polar surface area (TPSA) is 44.6 Å². The molecule has 0 amide bonds. The summed E-state index contributed by atoms with van der Waals surface area (Å²) < 4.78 is 1.05. The van der Waals surface area contributed by atoms with Crippen LogP contribution in [0.3, 0.4) is 0 Å². The van der Waals surface area contributed by atoms with E-state index in [1.165, 1.54) is 0 Å². The van der Waals surface area contributed by atoms with E-state index in [4.69, 9.17) is 11.6 Å². The van der Waals surface area contributed by atoms with Gasteiger partial charge in [-0.2, -0.15) is 5.10 Å². The van der Waals surface area contributed by atoms with Crippen LogP contribution in [0.15, 0.2) is 52.0 Å². The van der Waals surface area contributed by atoms with Gasteiger partial charge in [0, 0.05) is 21.5 Å². The molecule has 20 heavy (non-hydrogen) atoms. The number of nitrogens with one attached hydrogen (secondary N) is 1. The normalized spacial score (nSPS) is 17.7. The first-order valence-electron chi connectivity index (χ1n) is 6.20. The second-order valence-corrected chi connectivity index (χ2v) is 6.01. The van der Waals surface area contributed by atoms with Gasteiger partial charge in [-0.25, -0.2) is 0 Å². The molecule has 1 unspecified atom stereocenters. The lowest BCUT2D eigenvalue weighted by Gasteiger charge is -2.10. The van der Waals surface area contributed by atoms with Crippen LogP contribution in [-0.4, -0.2) is 10.8 Å². The van der Waals surface area contributed by atoms with Gasteiger partial charge in [-0.05, 0) is 35.9 Å². The standard InChI is InChI=1S/C15H12BrClN2O/c16-10-3-1-9(2-4-10)13-8-14(19-18-13)12-7-11(17)5-6-15(12)20/h1-7,13,18,20H,8H2. The van der Waals surface area contributed by atoms with Crippen LogP contribution in [-0.2, 0) is 0 Å². The Bertz CT molecular complexity index is 670. The van der Waals surface area contributed by atoms with Crippen molar-refractivity contribution in [1.82, 2.24) is 5.43 Å². The van der Waals surface area contributed by atoms with Crippen molar-refractivity contribution in [3.63, 3.8) is 0 Å². The van der Waals surface area contributed by atoms with Crippen molar-refractivity contribution in [1.29, 1.82) is 0 Å². The fourth-order valence-corrected chi connectivity index (χ4v) is 2.67. The van der Waals surface area contributed by atoms with E-state index in [0.717, 1.165) is 22.2 Å². The van der Waals surface area contributed by atoms with Crippen molar-refractivity contribution in [2.75, 3.05) is 0 Å². The molecule has 2 aromatic carbocycles. The molecule has 0 radical (unpaired) electrons. The third kappa shape index (κ3) is 2.67. The molecule has 1 aliphatic heterocycles. The first-order valence-corrected chi connectivity index (χ1v) is 7.37. The molecule has 5 heteroatoms. The number of benzene rings is 2. The number of nitrogens with zero attached hydrogens (tertiary/aromatic N) is 1. The van der Waals surface area contributed by atoms with E-state index in [1.807, 2.05) is 12.1 Å². The first-order chi connectivity index (χ1) is 9.63. The second-order valence-electron chi connectivity index (χ2n) is 4.66. The van der Waals surface area contributed by atoms with Gasteiger partial charge in [-0.1, -0.05) is 39.7 Å². The fourth-order valence-electron chi connectivity index (χ4n) is 2.24. The molecule has 2 N–H and O–H groups in total. The Morgan fingerprint density at radius 2 is 1.95 bits per heavy atom. The predicted octanol–water partition coefficient (Wildman–Crippen LogP) is 4.25. The minimum absolute atomic E-state index is 0.122. The lowest BCUT2D eigenvalue weighted by Crippen LogP contribution is -2.09. The summed E-state index contributed by atoms with van der Waals surface area (Å²) in [5.74, 6) is 0.200. The van der Waals surface area contributed by atoms with Gasteiger partial charge in [0.05, 0.1) is 11.8 Å². The summed E-state index contributed by atoms with van der Waals surface area (Å²) in [5, 5.41) is 14.8. The number of phenolic OH excluding ortho intramolecular Hbond substituents is 1. The van der Waals surface area contributed by atoms with Crippen LogP contribution >= 0.6 is 27.5 Å². The molecule has 0 bridgehead atoms. The maximum Gasteiger partial charge on any atom is 0.124 e. The number of phenols is 1. The largest absolute Gasteiger partial charge is 0.507 e. The molecule has 0 fully saturated rings. The highest BCUT2D eigenvalue weighted by Crippen LogP contribution is 2.30. The Hall–Kier alpha value is -1.52. The average molecular weight is 352 g/mol. The number of rotatable bonds is 2. The summed E-state index contributed by atoms with van der Waals surface area (Å²) in [4.78, 5) is 0. The minimum Gasteiger partial charge on any atom is -0.507 e. The smallest absolute Gasteiger partial charge is 0.124 e. The molecule has 1 aliphatic rings. The molecule has 3 nitrogen and oxygen atoms in total. The lowest BCUT2D eigenvalue weighted by atomic mass is 9.99. The van der Waals surface area contributed by atoms with Crippen molar-refractivity contribution in [2.24, 2.45) is 5.10 Å². The molecule has 2 aromatic rings. The van der Waals surface area contributed by atoms with Crippen LogP contribution in [0.4, 0.5) is 0 Å². The molecule has 0 saturated heterocycles. The van der Waals surface area contributed by atoms with Gasteiger partial charge in [-0.15, -0.1) is 0 Å². The fraction of sp³-hybridized carbons (Fsp3) is 0.133. The number of hydrazone groups is 1. The molecular formula is C15H12BrClN2O. The van der Waals surface area contributed by atoms with E-state index in [-0.39, 0.29) is 11.8 Å². The monoisotopic (exact) mass is 350 g/mol. The molecule has 0 aliphatic carbocycles. The van der Waals surface area contributed by atoms with Crippen molar-refractivity contribution in [3.8, 4) is 5.75 Å². The molecular weight excluding hydrogens is 340 g/mol. The Labute approximate surface area is 130 Å². The van der Waals surface area contributed by atoms with Gasteiger partial charge in [0.2, 0.25) is 0 Å². The van der Waals surface area contributed by atoms with Gasteiger partial charge in [0.25, 0.3) is 0 Å². The highest BCUT2D eigenvalue weighted by Gasteiger charge is 2.23. The first kappa shape index (κ1) is 13.5. The molecule has 0 saturated carbocycles. The Morgan fingerprint density at radius 1 is 1.20 bits per heavy atom. The average Bonchev–Trinajstić information content (AvgIpc) is 2.92. The van der Waals surface area contributed by atoms with Crippen LogP contribution in [0, 0.1) is 0 Å². The summed E-state index contributed by atoms with van der Waals surface area (Å²) in [5.41, 5.74) is 5.77. The summed E-state index contributed by atoms with van der Waals surface area (Å²) in [6, 6.07) is 13.2. The van der Waals surface area contributed by atoms with Gasteiger partial charge in [0.15, 0.2) is 0 Å². The zero-order valence-corrected chi connectivity index (χ0v) is 12.8. The van der Waals surface area contributed by atoms with Crippen molar-refractivity contribution >= 4 is 33.2 Å². The van der Waals surface area contributed by atoms with Crippen LogP contribution < -0.4 is 5.43 Å². The molecule has 0 aromatic heterocycles. The van der Waals surface area contributed by atoms with Crippen LogP contribution in [0.2, 0.25) is 5.02 Å². The summed E-state index contributed by atoms with van der Waals surface area (Å²) in [6.45, 7) is 0. The van der Waals surface area contributed by atoms with Gasteiger partial charge in [0.1, 0.15) is 5.75 Å². The molecule has 102 valence electrons. The molecule has 3 rings (SSSR count).